The van der Waals surface area contributed by atoms with Crippen molar-refractivity contribution in [1.82, 2.24) is 0 Å². The molecule has 0 spiro atoms. The van der Waals surface area contributed by atoms with Crippen molar-refractivity contribution in [3.8, 4) is 0 Å². The van der Waals surface area contributed by atoms with Gasteiger partial charge in [-0.1, -0.05) is 29.8 Å². The molecule has 0 heterocycles. The van der Waals surface area contributed by atoms with Gasteiger partial charge in [0.2, 0.25) is 10.0 Å². The molecule has 0 unspecified atom stereocenters. The van der Waals surface area contributed by atoms with E-state index in [0.29, 0.717) is 10.7 Å². The van der Waals surface area contributed by atoms with E-state index in [9.17, 15) is 25.6 Å². The summed E-state index contributed by atoms with van der Waals surface area (Å²) in [5.74, 6) is -2.11. The Morgan fingerprint density at radius 2 is 1.51 bits per heavy atom. The number of hydrogen-bond acceptors (Lipinski definition) is 4. The van der Waals surface area contributed by atoms with E-state index in [0.717, 1.165) is 18.2 Å². The zero-order chi connectivity index (χ0) is 25.3. The van der Waals surface area contributed by atoms with Crippen LogP contribution in [0.5, 0.6) is 0 Å². The minimum atomic E-state index is -4.18. The van der Waals surface area contributed by atoms with Gasteiger partial charge in [-0.15, -0.1) is 0 Å². The van der Waals surface area contributed by atoms with Crippen molar-refractivity contribution in [3.63, 3.8) is 0 Å². The van der Waals surface area contributed by atoms with Crippen LogP contribution in [0.25, 0.3) is 0 Å². The molecule has 5 nitrogen and oxygen atoms in total. The second-order valence-electron chi connectivity index (χ2n) is 8.77. The van der Waals surface area contributed by atoms with E-state index in [1.807, 2.05) is 0 Å². The van der Waals surface area contributed by atoms with E-state index < -0.39 is 36.2 Å². The van der Waals surface area contributed by atoms with Crippen molar-refractivity contribution in [2.45, 2.75) is 35.3 Å². The van der Waals surface area contributed by atoms with Gasteiger partial charge in [-0.25, -0.2) is 25.6 Å². The molecule has 3 aromatic rings. The molecule has 1 saturated carbocycles. The van der Waals surface area contributed by atoms with Crippen molar-refractivity contribution < 1.29 is 25.6 Å². The molecule has 0 aliphatic heterocycles. The normalized spacial score (nSPS) is 20.9. The number of benzene rings is 3. The average Bonchev–Trinajstić information content (AvgIpc) is 2.81. The lowest BCUT2D eigenvalue weighted by molar-refractivity contribution is 0.303. The van der Waals surface area contributed by atoms with E-state index in [1.54, 1.807) is 30.3 Å². The Bertz CT molecular complexity index is 1410. The Morgan fingerprint density at radius 3 is 2.14 bits per heavy atom. The number of sulfone groups is 1. The lowest BCUT2D eigenvalue weighted by atomic mass is 9.78. The molecule has 0 atom stereocenters. The Morgan fingerprint density at radius 1 is 0.886 bits per heavy atom. The quantitative estimate of drug-likeness (QED) is 0.404. The van der Waals surface area contributed by atoms with Crippen molar-refractivity contribution in [1.29, 1.82) is 0 Å². The Kier molecular flexibility index (Phi) is 7.22. The summed E-state index contributed by atoms with van der Waals surface area (Å²) in [7, 11) is -7.87. The molecule has 4 rings (SSSR count). The number of nitrogens with one attached hydrogen (secondary N) is 1. The minimum Gasteiger partial charge on any atom is -0.284 e. The van der Waals surface area contributed by atoms with Gasteiger partial charge in [0.1, 0.15) is 16.4 Å². The van der Waals surface area contributed by atoms with Crippen LogP contribution in [0.15, 0.2) is 77.7 Å². The number of hydrogen-bond donors (Lipinski definition) is 1. The van der Waals surface area contributed by atoms with Gasteiger partial charge in [-0.2, -0.15) is 0 Å². The maximum atomic E-state index is 15.0. The fourth-order valence-corrected chi connectivity index (χ4v) is 8.54. The molecule has 1 fully saturated rings. The first-order valence-corrected chi connectivity index (χ1v) is 14.5. The summed E-state index contributed by atoms with van der Waals surface area (Å²) in [6, 6.07) is 16.8. The topological polar surface area (TPSA) is 80.3 Å². The van der Waals surface area contributed by atoms with Gasteiger partial charge in [-0.3, -0.25) is 4.72 Å². The molecular weight excluding hydrogens is 516 g/mol. The molecular formula is C25H24ClF2NO4S2. The van der Waals surface area contributed by atoms with Gasteiger partial charge in [0.25, 0.3) is 0 Å². The number of rotatable bonds is 7. The van der Waals surface area contributed by atoms with Crippen LogP contribution in [0.4, 0.5) is 14.5 Å². The monoisotopic (exact) mass is 539 g/mol. The first kappa shape index (κ1) is 25.6. The van der Waals surface area contributed by atoms with Crippen LogP contribution in [-0.4, -0.2) is 22.6 Å². The van der Waals surface area contributed by atoms with Crippen LogP contribution in [0.1, 0.15) is 31.2 Å². The highest BCUT2D eigenvalue weighted by Gasteiger charge is 2.50. The van der Waals surface area contributed by atoms with Crippen molar-refractivity contribution in [2.75, 3.05) is 10.5 Å². The summed E-state index contributed by atoms with van der Waals surface area (Å²) in [6.45, 7) is 0. The highest BCUT2D eigenvalue weighted by molar-refractivity contribution is 7.92. The fourth-order valence-electron chi connectivity index (χ4n) is 4.72. The Balaban J connectivity index is 1.65. The Hall–Kier alpha value is -2.49. The summed E-state index contributed by atoms with van der Waals surface area (Å²) in [6.07, 6.45) is 0.310. The molecule has 1 aliphatic rings. The predicted molar refractivity (Wildman–Crippen MR) is 132 cm³/mol. The van der Waals surface area contributed by atoms with Gasteiger partial charge in [0, 0.05) is 16.3 Å². The molecule has 10 heteroatoms. The zero-order valence-corrected chi connectivity index (χ0v) is 21.0. The highest BCUT2D eigenvalue weighted by atomic mass is 35.5. The smallest absolute Gasteiger partial charge is 0.232 e. The van der Waals surface area contributed by atoms with Crippen LogP contribution in [0, 0.1) is 17.6 Å². The van der Waals surface area contributed by atoms with Gasteiger partial charge >= 0.3 is 0 Å². The molecule has 1 aliphatic carbocycles. The molecule has 35 heavy (non-hydrogen) atoms. The molecule has 0 radical (unpaired) electrons. The third-order valence-electron chi connectivity index (χ3n) is 6.47. The SMILES string of the molecule is O=S(=O)(CC1CCC(c2cc(F)ccc2F)(S(=O)(=O)c2ccc(Cl)cc2)CC1)Nc1ccccc1. The van der Waals surface area contributed by atoms with E-state index in [2.05, 4.69) is 4.72 Å². The lowest BCUT2D eigenvalue weighted by Gasteiger charge is -2.40. The molecule has 3 aromatic carbocycles. The standard InChI is InChI=1S/C25H24ClF2NO4S2/c26-19-6-9-22(10-7-19)35(32,33)25(23-16-20(27)8-11-24(23)28)14-12-18(13-15-25)17-34(30,31)29-21-4-2-1-3-5-21/h1-11,16,18,29H,12-15,17H2. The van der Waals surface area contributed by atoms with E-state index >= 15 is 0 Å². The van der Waals surface area contributed by atoms with E-state index in [4.69, 9.17) is 11.6 Å². The molecule has 0 saturated heterocycles. The molecule has 186 valence electrons. The number of halogens is 3. The van der Waals surface area contributed by atoms with Gasteiger partial charge in [0.15, 0.2) is 9.84 Å². The number of sulfonamides is 1. The van der Waals surface area contributed by atoms with Crippen molar-refractivity contribution in [3.05, 3.63) is 95.0 Å². The summed E-state index contributed by atoms with van der Waals surface area (Å²) in [5.41, 5.74) is 0.195. The third kappa shape index (κ3) is 5.37. The maximum Gasteiger partial charge on any atom is 0.232 e. The Labute approximate surface area is 209 Å². The van der Waals surface area contributed by atoms with Crippen LogP contribution in [-0.2, 0) is 24.6 Å². The summed E-state index contributed by atoms with van der Waals surface area (Å²) in [5, 5.41) is 0.342. The van der Waals surface area contributed by atoms with Crippen LogP contribution in [0.3, 0.4) is 0 Å². The van der Waals surface area contributed by atoms with Crippen LogP contribution >= 0.6 is 11.6 Å². The van der Waals surface area contributed by atoms with E-state index in [-0.39, 0.29) is 47.8 Å². The zero-order valence-electron chi connectivity index (χ0n) is 18.6. The predicted octanol–water partition coefficient (Wildman–Crippen LogP) is 5.92. The van der Waals surface area contributed by atoms with Gasteiger partial charge < -0.3 is 0 Å². The lowest BCUT2D eigenvalue weighted by Crippen LogP contribution is -2.42. The number of anilines is 1. The minimum absolute atomic E-state index is 0.0517. The third-order valence-corrected chi connectivity index (χ3v) is 10.7. The molecule has 0 bridgehead atoms. The van der Waals surface area contributed by atoms with Crippen molar-refractivity contribution >= 4 is 37.1 Å². The fraction of sp³-hybridized carbons (Fsp3) is 0.280. The highest BCUT2D eigenvalue weighted by Crippen LogP contribution is 2.49. The molecule has 1 N–H and O–H groups in total. The summed E-state index contributed by atoms with van der Waals surface area (Å²) < 4.78 is 83.0. The summed E-state index contributed by atoms with van der Waals surface area (Å²) >= 11 is 5.92. The van der Waals surface area contributed by atoms with Gasteiger partial charge in [0.05, 0.1) is 10.6 Å². The number of para-hydroxylation sites is 1. The summed E-state index contributed by atoms with van der Waals surface area (Å²) in [4.78, 5) is -0.0534. The first-order valence-electron chi connectivity index (χ1n) is 11.0. The second-order valence-corrected chi connectivity index (χ2v) is 13.2. The molecule has 0 aromatic heterocycles. The van der Waals surface area contributed by atoms with Gasteiger partial charge in [-0.05, 0) is 86.2 Å². The van der Waals surface area contributed by atoms with E-state index in [1.165, 1.54) is 24.3 Å². The van der Waals surface area contributed by atoms with Crippen molar-refractivity contribution in [2.24, 2.45) is 5.92 Å². The largest absolute Gasteiger partial charge is 0.284 e. The maximum absolute atomic E-state index is 15.0. The van der Waals surface area contributed by atoms with Crippen LogP contribution < -0.4 is 4.72 Å². The molecule has 0 amide bonds. The second kappa shape index (κ2) is 9.87. The van der Waals surface area contributed by atoms with Crippen LogP contribution in [0.2, 0.25) is 5.02 Å². The first-order chi connectivity index (χ1) is 16.5. The average molecular weight is 540 g/mol.